The Labute approximate surface area is 91.1 Å². The highest BCUT2D eigenvalue weighted by Gasteiger charge is 2.19. The molecule has 0 aliphatic heterocycles. The Balaban J connectivity index is 1.93. The Hall–Kier alpha value is -0.830. The second-order valence-corrected chi connectivity index (χ2v) is 4.38. The van der Waals surface area contributed by atoms with Crippen molar-refractivity contribution >= 4 is 0 Å². The molecular formula is C12H20N2O. The minimum atomic E-state index is 0.623. The van der Waals surface area contributed by atoms with E-state index in [9.17, 15) is 0 Å². The Morgan fingerprint density at radius 2 is 2.13 bits per heavy atom. The third-order valence-corrected chi connectivity index (χ3v) is 3.17. The predicted octanol–water partition coefficient (Wildman–Crippen LogP) is 2.61. The van der Waals surface area contributed by atoms with Crippen molar-refractivity contribution < 1.29 is 4.42 Å². The summed E-state index contributed by atoms with van der Waals surface area (Å²) in [5, 5.41) is 0. The predicted molar refractivity (Wildman–Crippen MR) is 59.7 cm³/mol. The van der Waals surface area contributed by atoms with Crippen LogP contribution in [0.2, 0.25) is 0 Å². The van der Waals surface area contributed by atoms with Crippen molar-refractivity contribution in [2.75, 3.05) is 6.54 Å². The van der Waals surface area contributed by atoms with Gasteiger partial charge in [0, 0.05) is 12.3 Å². The fourth-order valence-electron chi connectivity index (χ4n) is 2.27. The van der Waals surface area contributed by atoms with Crippen molar-refractivity contribution in [1.82, 2.24) is 4.98 Å². The molecule has 15 heavy (non-hydrogen) atoms. The third kappa shape index (κ3) is 2.81. The number of nitrogens with zero attached hydrogens (tertiary/aromatic N) is 1. The summed E-state index contributed by atoms with van der Waals surface area (Å²) in [6.45, 7) is 0.709. The van der Waals surface area contributed by atoms with Crippen LogP contribution in [-0.2, 0) is 6.42 Å². The van der Waals surface area contributed by atoms with Gasteiger partial charge in [0.15, 0.2) is 5.89 Å². The molecule has 1 aromatic heterocycles. The highest BCUT2D eigenvalue weighted by atomic mass is 16.4. The Kier molecular flexibility index (Phi) is 3.78. The van der Waals surface area contributed by atoms with Crippen LogP contribution in [0.15, 0.2) is 10.6 Å². The molecule has 0 saturated heterocycles. The van der Waals surface area contributed by atoms with Gasteiger partial charge in [-0.05, 0) is 25.8 Å². The van der Waals surface area contributed by atoms with E-state index in [1.807, 2.05) is 6.20 Å². The van der Waals surface area contributed by atoms with Gasteiger partial charge in [0.05, 0.1) is 6.20 Å². The van der Waals surface area contributed by atoms with E-state index >= 15 is 0 Å². The molecule has 3 heteroatoms. The standard InChI is InChI=1S/C12H20N2O/c13-8-4-7-12-14-9-11(15-12)10-5-2-1-3-6-10/h9-10H,1-8,13H2. The SMILES string of the molecule is NCCCc1ncc(C2CCCCC2)o1. The normalized spacial score (nSPS) is 18.2. The van der Waals surface area contributed by atoms with E-state index in [0.717, 1.165) is 24.5 Å². The molecule has 0 bridgehead atoms. The molecule has 84 valence electrons. The molecule has 2 rings (SSSR count). The van der Waals surface area contributed by atoms with Gasteiger partial charge < -0.3 is 10.2 Å². The second kappa shape index (κ2) is 5.31. The van der Waals surface area contributed by atoms with Crippen molar-refractivity contribution in [3.8, 4) is 0 Å². The van der Waals surface area contributed by atoms with Crippen LogP contribution < -0.4 is 5.73 Å². The van der Waals surface area contributed by atoms with Gasteiger partial charge in [-0.2, -0.15) is 0 Å². The lowest BCUT2D eigenvalue weighted by atomic mass is 9.88. The fraction of sp³-hybridized carbons (Fsp3) is 0.750. The van der Waals surface area contributed by atoms with Gasteiger partial charge in [-0.1, -0.05) is 19.3 Å². The van der Waals surface area contributed by atoms with Crippen LogP contribution in [0.3, 0.4) is 0 Å². The van der Waals surface area contributed by atoms with E-state index in [4.69, 9.17) is 10.2 Å². The lowest BCUT2D eigenvalue weighted by molar-refractivity contribution is 0.359. The summed E-state index contributed by atoms with van der Waals surface area (Å²) in [6, 6.07) is 0. The van der Waals surface area contributed by atoms with Crippen LogP contribution in [-0.4, -0.2) is 11.5 Å². The number of nitrogens with two attached hydrogens (primary N) is 1. The van der Waals surface area contributed by atoms with Crippen molar-refractivity contribution in [2.24, 2.45) is 5.73 Å². The first-order valence-electron chi connectivity index (χ1n) is 6.05. The van der Waals surface area contributed by atoms with Crippen LogP contribution in [0.5, 0.6) is 0 Å². The molecule has 0 radical (unpaired) electrons. The molecule has 3 nitrogen and oxygen atoms in total. The Bertz CT molecular complexity index is 290. The molecule has 0 unspecified atom stereocenters. The van der Waals surface area contributed by atoms with Crippen molar-refractivity contribution in [3.63, 3.8) is 0 Å². The molecular weight excluding hydrogens is 188 g/mol. The summed E-state index contributed by atoms with van der Waals surface area (Å²) in [5.41, 5.74) is 5.46. The summed E-state index contributed by atoms with van der Waals surface area (Å²) in [4.78, 5) is 4.31. The maximum Gasteiger partial charge on any atom is 0.194 e. The lowest BCUT2D eigenvalue weighted by Crippen LogP contribution is -2.03. The molecule has 0 aromatic carbocycles. The zero-order valence-corrected chi connectivity index (χ0v) is 9.24. The molecule has 2 N–H and O–H groups in total. The van der Waals surface area contributed by atoms with E-state index in [1.165, 1.54) is 32.1 Å². The van der Waals surface area contributed by atoms with E-state index in [1.54, 1.807) is 0 Å². The number of rotatable bonds is 4. The number of oxazole rings is 1. The van der Waals surface area contributed by atoms with Gasteiger partial charge in [-0.3, -0.25) is 0 Å². The minimum Gasteiger partial charge on any atom is -0.445 e. The highest BCUT2D eigenvalue weighted by Crippen LogP contribution is 2.32. The summed E-state index contributed by atoms with van der Waals surface area (Å²) >= 11 is 0. The number of aryl methyl sites for hydroxylation is 1. The zero-order chi connectivity index (χ0) is 10.5. The maximum absolute atomic E-state index is 5.76. The average Bonchev–Trinajstić information content (AvgIpc) is 2.76. The second-order valence-electron chi connectivity index (χ2n) is 4.38. The molecule has 1 aliphatic carbocycles. The summed E-state index contributed by atoms with van der Waals surface area (Å²) in [5.74, 6) is 2.58. The van der Waals surface area contributed by atoms with Crippen LogP contribution in [0.1, 0.15) is 56.1 Å². The maximum atomic E-state index is 5.76. The number of hydrogen-bond donors (Lipinski definition) is 1. The van der Waals surface area contributed by atoms with E-state index in [2.05, 4.69) is 4.98 Å². The average molecular weight is 208 g/mol. The topological polar surface area (TPSA) is 52.0 Å². The Morgan fingerprint density at radius 1 is 1.33 bits per heavy atom. The largest absolute Gasteiger partial charge is 0.445 e. The summed E-state index contributed by atoms with van der Waals surface area (Å²) in [6.07, 6.45) is 10.4. The van der Waals surface area contributed by atoms with Gasteiger partial charge in [0.25, 0.3) is 0 Å². The number of aromatic nitrogens is 1. The molecule has 1 fully saturated rings. The monoisotopic (exact) mass is 208 g/mol. The van der Waals surface area contributed by atoms with Crippen LogP contribution >= 0.6 is 0 Å². The molecule has 0 spiro atoms. The molecule has 0 amide bonds. The summed E-state index contributed by atoms with van der Waals surface area (Å²) in [7, 11) is 0. The lowest BCUT2D eigenvalue weighted by Gasteiger charge is -2.18. The van der Waals surface area contributed by atoms with Crippen LogP contribution in [0.25, 0.3) is 0 Å². The first-order chi connectivity index (χ1) is 7.40. The molecule has 1 saturated carbocycles. The molecule has 0 atom stereocenters. The van der Waals surface area contributed by atoms with Gasteiger partial charge in [0.2, 0.25) is 0 Å². The summed E-state index contributed by atoms with van der Waals surface area (Å²) < 4.78 is 5.76. The van der Waals surface area contributed by atoms with Gasteiger partial charge in [-0.15, -0.1) is 0 Å². The zero-order valence-electron chi connectivity index (χ0n) is 9.24. The third-order valence-electron chi connectivity index (χ3n) is 3.17. The van der Waals surface area contributed by atoms with Gasteiger partial charge in [0.1, 0.15) is 5.76 Å². The van der Waals surface area contributed by atoms with Gasteiger partial charge in [-0.25, -0.2) is 4.98 Å². The highest BCUT2D eigenvalue weighted by molar-refractivity contribution is 5.03. The van der Waals surface area contributed by atoms with Crippen molar-refractivity contribution in [2.45, 2.75) is 50.9 Å². The van der Waals surface area contributed by atoms with Gasteiger partial charge >= 0.3 is 0 Å². The van der Waals surface area contributed by atoms with Crippen LogP contribution in [0.4, 0.5) is 0 Å². The molecule has 1 heterocycles. The quantitative estimate of drug-likeness (QED) is 0.827. The first kappa shape index (κ1) is 10.7. The smallest absolute Gasteiger partial charge is 0.194 e. The molecule has 1 aliphatic rings. The van der Waals surface area contributed by atoms with Crippen molar-refractivity contribution in [3.05, 3.63) is 17.8 Å². The van der Waals surface area contributed by atoms with E-state index in [0.29, 0.717) is 12.5 Å². The van der Waals surface area contributed by atoms with E-state index < -0.39 is 0 Å². The molecule has 1 aromatic rings. The van der Waals surface area contributed by atoms with E-state index in [-0.39, 0.29) is 0 Å². The first-order valence-corrected chi connectivity index (χ1v) is 6.05. The number of hydrogen-bond acceptors (Lipinski definition) is 3. The Morgan fingerprint density at radius 3 is 2.87 bits per heavy atom. The fourth-order valence-corrected chi connectivity index (χ4v) is 2.27. The van der Waals surface area contributed by atoms with Crippen LogP contribution in [0, 0.1) is 0 Å². The van der Waals surface area contributed by atoms with Crippen molar-refractivity contribution in [1.29, 1.82) is 0 Å². The minimum absolute atomic E-state index is 0.623.